The summed E-state index contributed by atoms with van der Waals surface area (Å²) in [5.41, 5.74) is 5.36. The number of hydrogen-bond donors (Lipinski definition) is 0. The first-order chi connectivity index (χ1) is 14.3. The first-order valence-corrected chi connectivity index (χ1v) is 10.7. The van der Waals surface area contributed by atoms with E-state index in [9.17, 15) is 4.79 Å². The molecule has 0 saturated heterocycles. The van der Waals surface area contributed by atoms with Gasteiger partial charge in [-0.05, 0) is 58.2 Å². The van der Waals surface area contributed by atoms with Gasteiger partial charge in [-0.2, -0.15) is 0 Å². The molecule has 2 unspecified atom stereocenters. The van der Waals surface area contributed by atoms with Crippen molar-refractivity contribution in [2.24, 2.45) is 0 Å². The van der Waals surface area contributed by atoms with Crippen molar-refractivity contribution in [3.8, 4) is 11.5 Å². The number of benzene rings is 2. The number of fused-ring (bicyclic) bond motifs is 6. The van der Waals surface area contributed by atoms with Crippen molar-refractivity contribution in [1.29, 1.82) is 0 Å². The highest BCUT2D eigenvalue weighted by molar-refractivity contribution is 6.31. The SMILES string of the molecule is C=C(C)C(=O)Oc1c2c(c(OC)c3cc(Cl)ccc13)C1C=C(CCC=C(C)C)C2C1. The Morgan fingerprint density at radius 1 is 1.20 bits per heavy atom. The Kier molecular flexibility index (Phi) is 5.50. The quantitative estimate of drug-likeness (QED) is 0.213. The van der Waals surface area contributed by atoms with Gasteiger partial charge in [-0.15, -0.1) is 0 Å². The molecule has 2 aromatic carbocycles. The van der Waals surface area contributed by atoms with Crippen LogP contribution >= 0.6 is 11.6 Å². The first-order valence-electron chi connectivity index (χ1n) is 10.4. The minimum Gasteiger partial charge on any atom is -0.496 e. The molecule has 0 fully saturated rings. The van der Waals surface area contributed by atoms with Crippen LogP contribution in [-0.2, 0) is 4.79 Å². The molecule has 0 saturated carbocycles. The summed E-state index contributed by atoms with van der Waals surface area (Å²) in [7, 11) is 1.70. The second-order valence-corrected chi connectivity index (χ2v) is 8.94. The lowest BCUT2D eigenvalue weighted by Crippen LogP contribution is -2.13. The van der Waals surface area contributed by atoms with E-state index >= 15 is 0 Å². The van der Waals surface area contributed by atoms with Crippen LogP contribution in [0.25, 0.3) is 10.8 Å². The minimum atomic E-state index is -0.406. The van der Waals surface area contributed by atoms with Gasteiger partial charge in [-0.25, -0.2) is 4.79 Å². The number of esters is 1. The van der Waals surface area contributed by atoms with E-state index in [1.807, 2.05) is 18.2 Å². The van der Waals surface area contributed by atoms with Crippen LogP contribution in [0.1, 0.15) is 63.0 Å². The van der Waals surface area contributed by atoms with Gasteiger partial charge in [0.25, 0.3) is 0 Å². The zero-order valence-electron chi connectivity index (χ0n) is 18.0. The summed E-state index contributed by atoms with van der Waals surface area (Å²) >= 11 is 6.30. The normalized spacial score (nSPS) is 18.8. The molecular weight excluding hydrogens is 396 g/mol. The molecule has 2 bridgehead atoms. The molecule has 0 aromatic heterocycles. The molecule has 3 nitrogen and oxygen atoms in total. The molecule has 2 aliphatic carbocycles. The monoisotopic (exact) mass is 422 g/mol. The van der Waals surface area contributed by atoms with Gasteiger partial charge in [0.15, 0.2) is 0 Å². The van der Waals surface area contributed by atoms with Gasteiger partial charge in [-0.1, -0.05) is 41.5 Å². The van der Waals surface area contributed by atoms with Crippen molar-refractivity contribution in [3.05, 3.63) is 69.8 Å². The lowest BCUT2D eigenvalue weighted by Gasteiger charge is -2.24. The van der Waals surface area contributed by atoms with Crippen LogP contribution in [0.5, 0.6) is 11.5 Å². The average Bonchev–Trinajstić information content (AvgIpc) is 3.26. The van der Waals surface area contributed by atoms with Gasteiger partial charge in [0.2, 0.25) is 0 Å². The predicted molar refractivity (Wildman–Crippen MR) is 123 cm³/mol. The van der Waals surface area contributed by atoms with E-state index in [2.05, 4.69) is 32.6 Å². The number of carbonyl (C=O) groups excluding carboxylic acids is 1. The Morgan fingerprint density at radius 3 is 2.63 bits per heavy atom. The summed E-state index contributed by atoms with van der Waals surface area (Å²) in [4.78, 5) is 12.5. The highest BCUT2D eigenvalue weighted by Gasteiger charge is 2.43. The summed E-state index contributed by atoms with van der Waals surface area (Å²) in [6.07, 6.45) is 7.69. The van der Waals surface area contributed by atoms with Crippen molar-refractivity contribution in [3.63, 3.8) is 0 Å². The Labute approximate surface area is 183 Å². The van der Waals surface area contributed by atoms with Crippen LogP contribution in [0.3, 0.4) is 0 Å². The van der Waals surface area contributed by atoms with Crippen LogP contribution in [0, 0.1) is 0 Å². The molecule has 0 spiro atoms. The van der Waals surface area contributed by atoms with Crippen LogP contribution < -0.4 is 9.47 Å². The van der Waals surface area contributed by atoms with Crippen LogP contribution in [0.15, 0.2) is 53.6 Å². The standard InChI is InChI=1S/C26H27ClO3/c1-14(2)7-6-8-16-11-17-12-20(16)23-22(17)24(29-5)21-13-18(27)9-10-19(21)25(23)30-26(28)15(3)4/h7,9-11,13,17,20H,3,6,8,12H2,1-2,4-5H3. The Balaban J connectivity index is 1.89. The highest BCUT2D eigenvalue weighted by atomic mass is 35.5. The van der Waals surface area contributed by atoms with E-state index in [0.717, 1.165) is 46.9 Å². The molecule has 4 heteroatoms. The first kappa shape index (κ1) is 20.7. The molecule has 0 amide bonds. The molecule has 2 atom stereocenters. The molecular formula is C26H27ClO3. The van der Waals surface area contributed by atoms with E-state index in [1.165, 1.54) is 11.1 Å². The number of hydrogen-bond acceptors (Lipinski definition) is 3. The lowest BCUT2D eigenvalue weighted by atomic mass is 9.85. The summed E-state index contributed by atoms with van der Waals surface area (Å²) in [6.45, 7) is 9.68. The van der Waals surface area contributed by atoms with Gasteiger partial charge < -0.3 is 9.47 Å². The smallest absolute Gasteiger partial charge is 0.338 e. The van der Waals surface area contributed by atoms with Crippen LogP contribution in [0.4, 0.5) is 0 Å². The maximum Gasteiger partial charge on any atom is 0.338 e. The van der Waals surface area contributed by atoms with Gasteiger partial charge in [0.1, 0.15) is 11.5 Å². The fourth-order valence-corrected chi connectivity index (χ4v) is 4.97. The Bertz CT molecular complexity index is 1120. The van der Waals surface area contributed by atoms with E-state index < -0.39 is 5.97 Å². The Morgan fingerprint density at radius 2 is 1.97 bits per heavy atom. The lowest BCUT2D eigenvalue weighted by molar-refractivity contribution is -0.130. The average molecular weight is 423 g/mol. The zero-order chi connectivity index (χ0) is 21.6. The predicted octanol–water partition coefficient (Wildman–Crippen LogP) is 7.24. The summed E-state index contributed by atoms with van der Waals surface area (Å²) < 4.78 is 11.8. The molecule has 0 radical (unpaired) electrons. The van der Waals surface area contributed by atoms with E-state index in [0.29, 0.717) is 16.3 Å². The number of methoxy groups -OCH3 is 1. The largest absolute Gasteiger partial charge is 0.496 e. The van der Waals surface area contributed by atoms with Crippen molar-refractivity contribution in [2.45, 2.75) is 51.9 Å². The Hall–Kier alpha value is -2.52. The molecule has 0 N–H and O–H groups in total. The second-order valence-electron chi connectivity index (χ2n) is 8.51. The van der Waals surface area contributed by atoms with Gasteiger partial charge in [-0.3, -0.25) is 0 Å². The number of rotatable bonds is 6. The number of halogens is 1. The van der Waals surface area contributed by atoms with Crippen molar-refractivity contribution in [2.75, 3.05) is 7.11 Å². The second kappa shape index (κ2) is 7.96. The van der Waals surface area contributed by atoms with Crippen LogP contribution in [-0.4, -0.2) is 13.1 Å². The van der Waals surface area contributed by atoms with E-state index in [4.69, 9.17) is 21.1 Å². The zero-order valence-corrected chi connectivity index (χ0v) is 18.7. The maximum atomic E-state index is 12.5. The highest BCUT2D eigenvalue weighted by Crippen LogP contribution is 2.61. The third kappa shape index (κ3) is 3.45. The molecule has 0 heterocycles. The van der Waals surface area contributed by atoms with Gasteiger partial charge >= 0.3 is 5.97 Å². The van der Waals surface area contributed by atoms with Crippen molar-refractivity contribution in [1.82, 2.24) is 0 Å². The number of ether oxygens (including phenoxy) is 2. The third-order valence-electron chi connectivity index (χ3n) is 6.05. The molecule has 0 aliphatic heterocycles. The van der Waals surface area contributed by atoms with Gasteiger partial charge in [0, 0.05) is 44.3 Å². The fourth-order valence-electron chi connectivity index (χ4n) is 4.80. The summed E-state index contributed by atoms with van der Waals surface area (Å²) in [5, 5.41) is 2.35. The van der Waals surface area contributed by atoms with Crippen molar-refractivity contribution >= 4 is 28.3 Å². The number of allylic oxidation sites excluding steroid dienone is 4. The topological polar surface area (TPSA) is 35.5 Å². The van der Waals surface area contributed by atoms with Crippen LogP contribution in [0.2, 0.25) is 5.02 Å². The molecule has 156 valence electrons. The van der Waals surface area contributed by atoms with E-state index in [-0.39, 0.29) is 11.8 Å². The molecule has 2 aromatic rings. The number of carbonyl (C=O) groups is 1. The fraction of sp³-hybridized carbons (Fsp3) is 0.346. The summed E-state index contributed by atoms with van der Waals surface area (Å²) in [6, 6.07) is 5.63. The van der Waals surface area contributed by atoms with Crippen molar-refractivity contribution < 1.29 is 14.3 Å². The van der Waals surface area contributed by atoms with E-state index in [1.54, 1.807) is 14.0 Å². The summed E-state index contributed by atoms with van der Waals surface area (Å²) in [5.74, 6) is 1.58. The molecule has 30 heavy (non-hydrogen) atoms. The molecule has 4 rings (SSSR count). The third-order valence-corrected chi connectivity index (χ3v) is 6.29. The maximum absolute atomic E-state index is 12.5. The minimum absolute atomic E-state index is 0.248. The van der Waals surface area contributed by atoms with Gasteiger partial charge in [0.05, 0.1) is 7.11 Å². The molecule has 2 aliphatic rings.